The van der Waals surface area contributed by atoms with Crippen molar-refractivity contribution in [2.45, 2.75) is 13.3 Å². The van der Waals surface area contributed by atoms with Crippen molar-refractivity contribution in [1.82, 2.24) is 4.98 Å². The molecule has 0 fully saturated rings. The Balaban J connectivity index is 2.29. The van der Waals surface area contributed by atoms with Crippen molar-refractivity contribution >= 4 is 17.0 Å². The molecule has 0 saturated heterocycles. The third kappa shape index (κ3) is 2.60. The number of hydrogen-bond donors (Lipinski definition) is 3. The Bertz CT molecular complexity index is 593. The van der Waals surface area contributed by atoms with Crippen LogP contribution in [0, 0.1) is 6.92 Å². The molecule has 2 aromatic rings. The fraction of sp³-hybridized carbons (Fsp3) is 0.167. The average Bonchev–Trinajstić information content (AvgIpc) is 2.72. The average molecular weight is 263 g/mol. The van der Waals surface area contributed by atoms with Crippen LogP contribution in [0.4, 0.5) is 0 Å². The van der Waals surface area contributed by atoms with Gasteiger partial charge in [-0.2, -0.15) is 5.10 Å². The van der Waals surface area contributed by atoms with Gasteiger partial charge in [-0.15, -0.1) is 11.3 Å². The van der Waals surface area contributed by atoms with Gasteiger partial charge in [0.25, 0.3) is 0 Å². The first-order valence-electron chi connectivity index (χ1n) is 5.30. The summed E-state index contributed by atoms with van der Waals surface area (Å²) < 4.78 is 0. The predicted octanol–water partition coefficient (Wildman–Crippen LogP) is 1.77. The molecule has 0 spiro atoms. The van der Waals surface area contributed by atoms with Gasteiger partial charge in [-0.1, -0.05) is 0 Å². The van der Waals surface area contributed by atoms with Crippen LogP contribution in [0.5, 0.6) is 11.5 Å². The number of hydrazone groups is 1. The van der Waals surface area contributed by atoms with Crippen molar-refractivity contribution in [1.29, 1.82) is 0 Å². The van der Waals surface area contributed by atoms with Crippen molar-refractivity contribution in [3.05, 3.63) is 39.8 Å². The zero-order valence-electron chi connectivity index (χ0n) is 9.79. The summed E-state index contributed by atoms with van der Waals surface area (Å²) >= 11 is 1.55. The highest BCUT2D eigenvalue weighted by Gasteiger charge is 2.12. The monoisotopic (exact) mass is 263 g/mol. The Hall–Kier alpha value is -2.08. The minimum absolute atomic E-state index is 0.00266. The Morgan fingerprint density at radius 1 is 1.44 bits per heavy atom. The standard InChI is InChI=1S/C12H13N3O2S/c1-7-14-8(6-18-7)4-11(15-13)10-3-2-9(16)5-12(10)17/h2-3,5-6,16-17H,4,13H2,1H3/b15-11-. The zero-order chi connectivity index (χ0) is 13.1. The third-order valence-electron chi connectivity index (χ3n) is 2.46. The van der Waals surface area contributed by atoms with Crippen molar-refractivity contribution in [3.8, 4) is 11.5 Å². The van der Waals surface area contributed by atoms with Gasteiger partial charge in [-0.25, -0.2) is 4.98 Å². The maximum Gasteiger partial charge on any atom is 0.128 e. The van der Waals surface area contributed by atoms with Crippen molar-refractivity contribution < 1.29 is 10.2 Å². The second kappa shape index (κ2) is 5.05. The SMILES string of the molecule is Cc1nc(C/C(=N/N)c2ccc(O)cc2O)cs1. The number of nitrogens with zero attached hydrogens (tertiary/aromatic N) is 2. The summed E-state index contributed by atoms with van der Waals surface area (Å²) in [5.41, 5.74) is 1.88. The van der Waals surface area contributed by atoms with Gasteiger partial charge in [0.05, 0.1) is 16.4 Å². The van der Waals surface area contributed by atoms with E-state index in [1.165, 1.54) is 12.1 Å². The summed E-state index contributed by atoms with van der Waals surface area (Å²) in [7, 11) is 0. The topological polar surface area (TPSA) is 91.7 Å². The maximum absolute atomic E-state index is 9.76. The second-order valence-electron chi connectivity index (χ2n) is 3.81. The molecule has 0 bridgehead atoms. The first-order valence-corrected chi connectivity index (χ1v) is 6.18. The van der Waals surface area contributed by atoms with E-state index in [1.807, 2.05) is 12.3 Å². The van der Waals surface area contributed by atoms with Crippen LogP contribution in [0.2, 0.25) is 0 Å². The molecule has 0 saturated carbocycles. The molecule has 0 radical (unpaired) electrons. The first-order chi connectivity index (χ1) is 8.60. The van der Waals surface area contributed by atoms with Gasteiger partial charge in [-0.3, -0.25) is 0 Å². The summed E-state index contributed by atoms with van der Waals surface area (Å²) in [6, 6.07) is 4.31. The van der Waals surface area contributed by atoms with Crippen LogP contribution in [0.1, 0.15) is 16.3 Å². The lowest BCUT2D eigenvalue weighted by atomic mass is 10.0. The van der Waals surface area contributed by atoms with E-state index in [9.17, 15) is 10.2 Å². The molecule has 1 heterocycles. The minimum atomic E-state index is -0.0499. The number of nitrogens with two attached hydrogens (primary N) is 1. The third-order valence-corrected chi connectivity index (χ3v) is 3.29. The van der Waals surface area contributed by atoms with Gasteiger partial charge in [0.15, 0.2) is 0 Å². The first kappa shape index (κ1) is 12.4. The fourth-order valence-electron chi connectivity index (χ4n) is 1.64. The van der Waals surface area contributed by atoms with Gasteiger partial charge >= 0.3 is 0 Å². The lowest BCUT2D eigenvalue weighted by Crippen LogP contribution is -2.09. The van der Waals surface area contributed by atoms with Gasteiger partial charge in [0.1, 0.15) is 11.5 Å². The van der Waals surface area contributed by atoms with Gasteiger partial charge < -0.3 is 16.1 Å². The van der Waals surface area contributed by atoms with E-state index >= 15 is 0 Å². The molecule has 0 aliphatic carbocycles. The Kier molecular flexibility index (Phi) is 3.47. The van der Waals surface area contributed by atoms with Crippen LogP contribution in [0.15, 0.2) is 28.7 Å². The van der Waals surface area contributed by atoms with Crippen LogP contribution in [0.25, 0.3) is 0 Å². The maximum atomic E-state index is 9.76. The predicted molar refractivity (Wildman–Crippen MR) is 71.1 cm³/mol. The Morgan fingerprint density at radius 2 is 2.22 bits per heavy atom. The van der Waals surface area contributed by atoms with Crippen LogP contribution in [0.3, 0.4) is 0 Å². The van der Waals surface area contributed by atoms with Crippen molar-refractivity contribution in [2.75, 3.05) is 0 Å². The molecular formula is C12H13N3O2S. The smallest absolute Gasteiger partial charge is 0.128 e. The van der Waals surface area contributed by atoms with Crippen molar-refractivity contribution in [3.63, 3.8) is 0 Å². The highest BCUT2D eigenvalue weighted by Crippen LogP contribution is 2.24. The summed E-state index contributed by atoms with van der Waals surface area (Å²) in [6.07, 6.45) is 0.444. The number of rotatable bonds is 3. The number of aryl methyl sites for hydroxylation is 1. The molecule has 1 aromatic carbocycles. The normalized spacial score (nSPS) is 11.7. The molecule has 0 aliphatic heterocycles. The van der Waals surface area contributed by atoms with Crippen LogP contribution >= 0.6 is 11.3 Å². The lowest BCUT2D eigenvalue weighted by Gasteiger charge is -2.06. The molecule has 2 rings (SSSR count). The molecule has 0 unspecified atom stereocenters. The van der Waals surface area contributed by atoms with E-state index in [-0.39, 0.29) is 11.5 Å². The number of aromatic nitrogens is 1. The number of aromatic hydroxyl groups is 2. The summed E-state index contributed by atoms with van der Waals surface area (Å²) in [6.45, 7) is 1.92. The minimum Gasteiger partial charge on any atom is -0.508 e. The highest BCUT2D eigenvalue weighted by atomic mass is 32.1. The Labute approximate surface area is 108 Å². The summed E-state index contributed by atoms with van der Waals surface area (Å²) in [4.78, 5) is 4.32. The number of phenolic OH excluding ortho intramolecular Hbond substituents is 2. The van der Waals surface area contributed by atoms with Crippen LogP contribution in [-0.4, -0.2) is 20.9 Å². The quantitative estimate of drug-likeness (QED) is 0.447. The van der Waals surface area contributed by atoms with E-state index < -0.39 is 0 Å². The van der Waals surface area contributed by atoms with Gasteiger partial charge in [-0.05, 0) is 19.1 Å². The van der Waals surface area contributed by atoms with Gasteiger partial charge in [0.2, 0.25) is 0 Å². The molecule has 5 nitrogen and oxygen atoms in total. The molecule has 0 aliphatic rings. The van der Waals surface area contributed by atoms with Gasteiger partial charge in [0, 0.05) is 23.4 Å². The molecule has 0 atom stereocenters. The highest BCUT2D eigenvalue weighted by molar-refractivity contribution is 7.09. The van der Waals surface area contributed by atoms with Crippen LogP contribution in [-0.2, 0) is 6.42 Å². The molecule has 94 valence electrons. The summed E-state index contributed by atoms with van der Waals surface area (Å²) in [5, 5.41) is 25.6. The molecule has 6 heteroatoms. The van der Waals surface area contributed by atoms with E-state index in [0.29, 0.717) is 17.7 Å². The number of hydrogen-bond acceptors (Lipinski definition) is 6. The fourth-order valence-corrected chi connectivity index (χ4v) is 2.25. The zero-order valence-corrected chi connectivity index (χ0v) is 10.6. The summed E-state index contributed by atoms with van der Waals surface area (Å²) in [5.74, 6) is 5.30. The second-order valence-corrected chi connectivity index (χ2v) is 4.87. The van der Waals surface area contributed by atoms with E-state index in [1.54, 1.807) is 17.4 Å². The number of benzene rings is 1. The lowest BCUT2D eigenvalue weighted by molar-refractivity contribution is 0.450. The molecule has 4 N–H and O–H groups in total. The van der Waals surface area contributed by atoms with E-state index in [0.717, 1.165) is 10.7 Å². The van der Waals surface area contributed by atoms with E-state index in [4.69, 9.17) is 5.84 Å². The van der Waals surface area contributed by atoms with E-state index in [2.05, 4.69) is 10.1 Å². The molecule has 1 aromatic heterocycles. The Morgan fingerprint density at radius 3 is 2.78 bits per heavy atom. The largest absolute Gasteiger partial charge is 0.508 e. The number of thiazole rings is 1. The number of phenols is 2. The molecular weight excluding hydrogens is 250 g/mol. The molecule has 0 amide bonds. The van der Waals surface area contributed by atoms with Crippen LogP contribution < -0.4 is 5.84 Å². The van der Waals surface area contributed by atoms with Crippen molar-refractivity contribution in [2.24, 2.45) is 10.9 Å². The molecule has 18 heavy (non-hydrogen) atoms.